The molecule has 0 aliphatic rings. The van der Waals surface area contributed by atoms with Crippen LogP contribution in [0.1, 0.15) is 26.3 Å². The highest BCUT2D eigenvalue weighted by Crippen LogP contribution is 2.17. The van der Waals surface area contributed by atoms with Crippen LogP contribution in [0.3, 0.4) is 0 Å². The van der Waals surface area contributed by atoms with Crippen LogP contribution in [0.2, 0.25) is 0 Å². The van der Waals surface area contributed by atoms with Gasteiger partial charge in [-0.05, 0) is 38.5 Å². The first-order valence-corrected chi connectivity index (χ1v) is 6.38. The van der Waals surface area contributed by atoms with Crippen molar-refractivity contribution < 1.29 is 9.90 Å². The number of carboxylic acids is 1. The summed E-state index contributed by atoms with van der Waals surface area (Å²) in [6.45, 7) is 5.61. The molecule has 94 valence electrons. The topological polar surface area (TPSA) is 49.3 Å². The molecule has 0 saturated heterocycles. The van der Waals surface area contributed by atoms with Gasteiger partial charge in [0.1, 0.15) is 5.54 Å². The summed E-state index contributed by atoms with van der Waals surface area (Å²) in [5.41, 5.74) is 0.0772. The van der Waals surface area contributed by atoms with Gasteiger partial charge in [-0.1, -0.05) is 28.1 Å². The molecule has 1 atom stereocenters. The van der Waals surface area contributed by atoms with Crippen LogP contribution in [0.15, 0.2) is 28.7 Å². The fourth-order valence-corrected chi connectivity index (χ4v) is 2.10. The van der Waals surface area contributed by atoms with Gasteiger partial charge in [-0.2, -0.15) is 0 Å². The normalized spacial score (nSPS) is 14.6. The third kappa shape index (κ3) is 4.13. The molecule has 0 spiro atoms. The fourth-order valence-electron chi connectivity index (χ4n) is 1.84. The molecular formula is C13H18BrNO2. The lowest BCUT2D eigenvalue weighted by Gasteiger charge is -2.28. The van der Waals surface area contributed by atoms with Gasteiger partial charge in [0.05, 0.1) is 0 Å². The highest BCUT2D eigenvalue weighted by molar-refractivity contribution is 9.10. The predicted octanol–water partition coefficient (Wildman–Crippen LogP) is 2.83. The molecule has 1 unspecified atom stereocenters. The molecular weight excluding hydrogens is 282 g/mol. The number of benzene rings is 1. The average molecular weight is 300 g/mol. The molecule has 2 N–H and O–H groups in total. The van der Waals surface area contributed by atoms with Crippen LogP contribution in [-0.2, 0) is 11.2 Å². The van der Waals surface area contributed by atoms with E-state index in [1.54, 1.807) is 6.92 Å². The summed E-state index contributed by atoms with van der Waals surface area (Å²) in [5.74, 6) is -0.825. The molecule has 0 heterocycles. The maximum Gasteiger partial charge on any atom is 0.323 e. The fraction of sp³-hybridized carbons (Fsp3) is 0.462. The van der Waals surface area contributed by atoms with Gasteiger partial charge >= 0.3 is 5.97 Å². The van der Waals surface area contributed by atoms with E-state index in [4.69, 9.17) is 0 Å². The second-order valence-corrected chi connectivity index (χ2v) is 5.66. The summed E-state index contributed by atoms with van der Waals surface area (Å²) >= 11 is 3.36. The van der Waals surface area contributed by atoms with Crippen LogP contribution < -0.4 is 5.32 Å². The highest BCUT2D eigenvalue weighted by atomic mass is 79.9. The number of carbonyl (C=O) groups is 1. The number of rotatable bonds is 5. The first-order chi connectivity index (χ1) is 7.83. The third-order valence-corrected chi connectivity index (χ3v) is 3.08. The molecule has 0 radical (unpaired) electrons. The third-order valence-electron chi connectivity index (χ3n) is 2.55. The second-order valence-electron chi connectivity index (χ2n) is 4.74. The molecule has 1 rings (SSSR count). The minimum atomic E-state index is -0.929. The summed E-state index contributed by atoms with van der Waals surface area (Å²) in [6, 6.07) is 7.85. The van der Waals surface area contributed by atoms with Gasteiger partial charge in [0, 0.05) is 16.9 Å². The van der Waals surface area contributed by atoms with E-state index >= 15 is 0 Å². The number of aliphatic carboxylic acids is 1. The van der Waals surface area contributed by atoms with Gasteiger partial charge in [0.25, 0.3) is 0 Å². The van der Waals surface area contributed by atoms with Crippen molar-refractivity contribution in [2.75, 3.05) is 0 Å². The van der Waals surface area contributed by atoms with Crippen molar-refractivity contribution >= 4 is 21.9 Å². The Morgan fingerprint density at radius 3 is 2.35 bits per heavy atom. The minimum Gasteiger partial charge on any atom is -0.480 e. The van der Waals surface area contributed by atoms with E-state index in [0.29, 0.717) is 6.42 Å². The molecule has 0 aromatic heterocycles. The van der Waals surface area contributed by atoms with Gasteiger partial charge in [0.15, 0.2) is 0 Å². The Bertz CT molecular complexity index is 389. The van der Waals surface area contributed by atoms with E-state index in [2.05, 4.69) is 21.2 Å². The Labute approximate surface area is 110 Å². The van der Waals surface area contributed by atoms with Crippen molar-refractivity contribution in [1.29, 1.82) is 0 Å². The first kappa shape index (κ1) is 14.2. The molecule has 3 nitrogen and oxygen atoms in total. The maximum atomic E-state index is 11.4. The quantitative estimate of drug-likeness (QED) is 0.879. The van der Waals surface area contributed by atoms with E-state index in [9.17, 15) is 9.90 Å². The average Bonchev–Trinajstić information content (AvgIpc) is 2.20. The van der Waals surface area contributed by atoms with Crippen LogP contribution >= 0.6 is 15.9 Å². The molecule has 1 aromatic carbocycles. The lowest BCUT2D eigenvalue weighted by Crippen LogP contribution is -2.53. The lowest BCUT2D eigenvalue weighted by molar-refractivity contribution is -0.144. The van der Waals surface area contributed by atoms with Gasteiger partial charge in [0.2, 0.25) is 0 Å². The zero-order valence-corrected chi connectivity index (χ0v) is 11.9. The molecule has 0 amide bonds. The number of hydrogen-bond acceptors (Lipinski definition) is 2. The molecule has 17 heavy (non-hydrogen) atoms. The van der Waals surface area contributed by atoms with Gasteiger partial charge in [-0.25, -0.2) is 0 Å². The van der Waals surface area contributed by atoms with E-state index in [-0.39, 0.29) is 6.04 Å². The number of halogens is 1. The number of hydrogen-bond donors (Lipinski definition) is 2. The van der Waals surface area contributed by atoms with E-state index in [1.807, 2.05) is 38.1 Å². The van der Waals surface area contributed by atoms with Crippen molar-refractivity contribution in [2.24, 2.45) is 0 Å². The minimum absolute atomic E-state index is 0.131. The Morgan fingerprint density at radius 2 is 1.94 bits per heavy atom. The van der Waals surface area contributed by atoms with Gasteiger partial charge < -0.3 is 5.11 Å². The van der Waals surface area contributed by atoms with Crippen LogP contribution in [0.25, 0.3) is 0 Å². The van der Waals surface area contributed by atoms with Crippen LogP contribution in [0.4, 0.5) is 0 Å². The largest absolute Gasteiger partial charge is 0.480 e. The Hall–Kier alpha value is -0.870. The lowest BCUT2D eigenvalue weighted by atomic mass is 9.92. The Kier molecular flexibility index (Phi) is 4.71. The first-order valence-electron chi connectivity index (χ1n) is 5.59. The smallest absolute Gasteiger partial charge is 0.323 e. The van der Waals surface area contributed by atoms with E-state index in [0.717, 1.165) is 10.0 Å². The standard InChI is InChI=1S/C13H18BrNO2/c1-9(2)15-13(3,12(16)17)8-10-4-6-11(14)7-5-10/h4-7,9,15H,8H2,1-3H3,(H,16,17). The zero-order valence-electron chi connectivity index (χ0n) is 10.3. The van der Waals surface area contributed by atoms with Crippen molar-refractivity contribution in [3.8, 4) is 0 Å². The van der Waals surface area contributed by atoms with Crippen molar-refractivity contribution in [1.82, 2.24) is 5.32 Å². The van der Waals surface area contributed by atoms with E-state index < -0.39 is 11.5 Å². The molecule has 4 heteroatoms. The highest BCUT2D eigenvalue weighted by Gasteiger charge is 2.33. The van der Waals surface area contributed by atoms with Crippen LogP contribution in [0.5, 0.6) is 0 Å². The Balaban J connectivity index is 2.86. The van der Waals surface area contributed by atoms with Gasteiger partial charge in [-0.3, -0.25) is 10.1 Å². The predicted molar refractivity (Wildman–Crippen MR) is 72.2 cm³/mol. The molecule has 0 bridgehead atoms. The van der Waals surface area contributed by atoms with E-state index in [1.165, 1.54) is 0 Å². The summed E-state index contributed by atoms with van der Waals surface area (Å²) in [6.07, 6.45) is 0.466. The summed E-state index contributed by atoms with van der Waals surface area (Å²) < 4.78 is 0.995. The SMILES string of the molecule is CC(C)NC(C)(Cc1ccc(Br)cc1)C(=O)O. The monoisotopic (exact) mass is 299 g/mol. The summed E-state index contributed by atoms with van der Waals surface area (Å²) in [4.78, 5) is 11.4. The number of carboxylic acid groups (broad SMARTS) is 1. The molecule has 0 aliphatic heterocycles. The molecule has 0 saturated carbocycles. The molecule has 1 aromatic rings. The van der Waals surface area contributed by atoms with Crippen LogP contribution in [-0.4, -0.2) is 22.7 Å². The summed E-state index contributed by atoms with van der Waals surface area (Å²) in [5, 5.41) is 12.4. The molecule has 0 aliphatic carbocycles. The second kappa shape index (κ2) is 5.65. The van der Waals surface area contributed by atoms with Gasteiger partial charge in [-0.15, -0.1) is 0 Å². The Morgan fingerprint density at radius 1 is 1.41 bits per heavy atom. The van der Waals surface area contributed by atoms with Crippen molar-refractivity contribution in [3.63, 3.8) is 0 Å². The molecule has 0 fully saturated rings. The maximum absolute atomic E-state index is 11.4. The van der Waals surface area contributed by atoms with Crippen molar-refractivity contribution in [3.05, 3.63) is 34.3 Å². The zero-order chi connectivity index (χ0) is 13.1. The van der Waals surface area contributed by atoms with Crippen LogP contribution in [0, 0.1) is 0 Å². The number of nitrogens with one attached hydrogen (secondary N) is 1. The van der Waals surface area contributed by atoms with Crippen molar-refractivity contribution in [2.45, 2.75) is 38.8 Å². The summed E-state index contributed by atoms with van der Waals surface area (Å²) in [7, 11) is 0.